The molecule has 1 heterocycles. The molecule has 0 saturated heterocycles. The smallest absolute Gasteiger partial charge is 0.137 e. The van der Waals surface area contributed by atoms with Crippen molar-refractivity contribution in [1.82, 2.24) is 10.3 Å². The molecule has 3 nitrogen and oxygen atoms in total. The molecule has 120 valence electrons. The molecule has 0 saturated carbocycles. The first kappa shape index (κ1) is 18.0. The van der Waals surface area contributed by atoms with Crippen molar-refractivity contribution in [2.24, 2.45) is 11.3 Å². The van der Waals surface area contributed by atoms with Gasteiger partial charge in [0.1, 0.15) is 5.75 Å². The van der Waals surface area contributed by atoms with E-state index < -0.39 is 0 Å². The fraction of sp³-hybridized carbons (Fsp3) is 0.722. The SMILES string of the molecule is CCCOc1cncc(C(CC(C)CC(C)(C)C)NC)c1. The van der Waals surface area contributed by atoms with Crippen LogP contribution in [0, 0.1) is 11.3 Å². The molecule has 0 aliphatic carbocycles. The quantitative estimate of drug-likeness (QED) is 0.760. The van der Waals surface area contributed by atoms with Gasteiger partial charge in [-0.05, 0) is 49.3 Å². The van der Waals surface area contributed by atoms with Gasteiger partial charge in [-0.1, -0.05) is 34.6 Å². The molecule has 0 radical (unpaired) electrons. The summed E-state index contributed by atoms with van der Waals surface area (Å²) >= 11 is 0. The van der Waals surface area contributed by atoms with Crippen LogP contribution in [0.5, 0.6) is 5.75 Å². The Hall–Kier alpha value is -1.09. The maximum absolute atomic E-state index is 5.69. The third-order valence-corrected chi connectivity index (χ3v) is 3.56. The van der Waals surface area contributed by atoms with Gasteiger partial charge in [-0.25, -0.2) is 0 Å². The highest BCUT2D eigenvalue weighted by Crippen LogP contribution is 2.31. The second kappa shape index (κ2) is 8.38. The van der Waals surface area contributed by atoms with E-state index in [1.165, 1.54) is 12.0 Å². The number of nitrogens with zero attached hydrogens (tertiary/aromatic N) is 1. The van der Waals surface area contributed by atoms with Crippen LogP contribution in [0.1, 0.15) is 65.5 Å². The number of hydrogen-bond donors (Lipinski definition) is 1. The maximum Gasteiger partial charge on any atom is 0.137 e. The van der Waals surface area contributed by atoms with Gasteiger partial charge in [0.25, 0.3) is 0 Å². The summed E-state index contributed by atoms with van der Waals surface area (Å²) in [4.78, 5) is 4.32. The molecule has 0 bridgehead atoms. The van der Waals surface area contributed by atoms with E-state index in [0.717, 1.165) is 25.2 Å². The lowest BCUT2D eigenvalue weighted by atomic mass is 9.82. The zero-order chi connectivity index (χ0) is 15.9. The van der Waals surface area contributed by atoms with Gasteiger partial charge < -0.3 is 10.1 Å². The average Bonchev–Trinajstić information content (AvgIpc) is 2.41. The Morgan fingerprint density at radius 2 is 2.00 bits per heavy atom. The minimum absolute atomic E-state index is 0.333. The van der Waals surface area contributed by atoms with Crippen molar-refractivity contribution in [3.63, 3.8) is 0 Å². The minimum atomic E-state index is 0.333. The largest absolute Gasteiger partial charge is 0.492 e. The normalized spacial score (nSPS) is 14.8. The molecule has 0 aliphatic rings. The topological polar surface area (TPSA) is 34.1 Å². The van der Waals surface area contributed by atoms with Crippen molar-refractivity contribution >= 4 is 0 Å². The van der Waals surface area contributed by atoms with E-state index in [1.807, 2.05) is 13.2 Å². The van der Waals surface area contributed by atoms with Gasteiger partial charge >= 0.3 is 0 Å². The molecular formula is C18H32N2O. The van der Waals surface area contributed by atoms with Crippen molar-refractivity contribution < 1.29 is 4.74 Å². The van der Waals surface area contributed by atoms with Gasteiger partial charge in [0, 0.05) is 12.2 Å². The van der Waals surface area contributed by atoms with Crippen LogP contribution in [0.25, 0.3) is 0 Å². The first-order valence-electron chi connectivity index (χ1n) is 8.10. The van der Waals surface area contributed by atoms with Crippen LogP contribution in [0.3, 0.4) is 0 Å². The maximum atomic E-state index is 5.69. The lowest BCUT2D eigenvalue weighted by Crippen LogP contribution is -2.21. The number of ether oxygens (including phenoxy) is 1. The Labute approximate surface area is 130 Å². The Bertz CT molecular complexity index is 412. The predicted octanol–water partition coefficient (Wildman–Crippen LogP) is 4.59. The Morgan fingerprint density at radius 1 is 1.29 bits per heavy atom. The Kier molecular flexibility index (Phi) is 7.16. The molecule has 0 aromatic carbocycles. The monoisotopic (exact) mass is 292 g/mol. The number of nitrogens with one attached hydrogen (secondary N) is 1. The summed E-state index contributed by atoms with van der Waals surface area (Å²) < 4.78 is 5.69. The highest BCUT2D eigenvalue weighted by atomic mass is 16.5. The zero-order valence-electron chi connectivity index (χ0n) is 14.6. The fourth-order valence-electron chi connectivity index (χ4n) is 2.88. The summed E-state index contributed by atoms with van der Waals surface area (Å²) in [6.07, 6.45) is 7.11. The third kappa shape index (κ3) is 6.94. The summed E-state index contributed by atoms with van der Waals surface area (Å²) in [5.41, 5.74) is 1.59. The number of hydrogen-bond acceptors (Lipinski definition) is 3. The van der Waals surface area contributed by atoms with E-state index in [1.54, 1.807) is 6.20 Å². The number of pyridine rings is 1. The molecule has 1 aromatic heterocycles. The molecule has 1 N–H and O–H groups in total. The van der Waals surface area contributed by atoms with Gasteiger partial charge in [-0.3, -0.25) is 4.98 Å². The highest BCUT2D eigenvalue weighted by molar-refractivity contribution is 5.26. The van der Waals surface area contributed by atoms with Crippen LogP contribution in [-0.4, -0.2) is 18.6 Å². The molecular weight excluding hydrogens is 260 g/mol. The van der Waals surface area contributed by atoms with E-state index >= 15 is 0 Å². The molecule has 1 rings (SSSR count). The third-order valence-electron chi connectivity index (χ3n) is 3.56. The Morgan fingerprint density at radius 3 is 2.57 bits per heavy atom. The van der Waals surface area contributed by atoms with E-state index in [9.17, 15) is 0 Å². The molecule has 2 unspecified atom stereocenters. The van der Waals surface area contributed by atoms with Crippen LogP contribution < -0.4 is 10.1 Å². The molecule has 0 fully saturated rings. The fourth-order valence-corrected chi connectivity index (χ4v) is 2.88. The van der Waals surface area contributed by atoms with Gasteiger partial charge in [0.05, 0.1) is 12.8 Å². The number of rotatable bonds is 8. The minimum Gasteiger partial charge on any atom is -0.492 e. The molecule has 1 aromatic rings. The summed E-state index contributed by atoms with van der Waals surface area (Å²) in [7, 11) is 2.02. The first-order valence-corrected chi connectivity index (χ1v) is 8.10. The van der Waals surface area contributed by atoms with Crippen LogP contribution in [-0.2, 0) is 0 Å². The van der Waals surface area contributed by atoms with E-state index in [0.29, 0.717) is 17.4 Å². The molecule has 21 heavy (non-hydrogen) atoms. The predicted molar refractivity (Wildman–Crippen MR) is 89.7 cm³/mol. The van der Waals surface area contributed by atoms with Crippen molar-refractivity contribution in [2.75, 3.05) is 13.7 Å². The first-order chi connectivity index (χ1) is 9.85. The lowest BCUT2D eigenvalue weighted by molar-refractivity contribution is 0.278. The van der Waals surface area contributed by atoms with E-state index in [4.69, 9.17) is 4.74 Å². The second-order valence-electron chi connectivity index (χ2n) is 7.25. The molecule has 3 heteroatoms. The van der Waals surface area contributed by atoms with Gasteiger partial charge in [0.15, 0.2) is 0 Å². The lowest BCUT2D eigenvalue weighted by Gasteiger charge is -2.27. The van der Waals surface area contributed by atoms with Crippen molar-refractivity contribution in [1.29, 1.82) is 0 Å². The van der Waals surface area contributed by atoms with Crippen LogP contribution >= 0.6 is 0 Å². The zero-order valence-corrected chi connectivity index (χ0v) is 14.6. The average molecular weight is 292 g/mol. The van der Waals surface area contributed by atoms with Crippen molar-refractivity contribution in [3.05, 3.63) is 24.0 Å². The van der Waals surface area contributed by atoms with Crippen LogP contribution in [0.15, 0.2) is 18.5 Å². The second-order valence-corrected chi connectivity index (χ2v) is 7.25. The van der Waals surface area contributed by atoms with Crippen molar-refractivity contribution in [3.8, 4) is 5.75 Å². The highest BCUT2D eigenvalue weighted by Gasteiger charge is 2.19. The summed E-state index contributed by atoms with van der Waals surface area (Å²) in [6.45, 7) is 12.1. The van der Waals surface area contributed by atoms with E-state index in [2.05, 4.69) is 51.0 Å². The van der Waals surface area contributed by atoms with Crippen LogP contribution in [0.4, 0.5) is 0 Å². The van der Waals surface area contributed by atoms with Gasteiger partial charge in [-0.15, -0.1) is 0 Å². The Balaban J connectivity index is 2.71. The van der Waals surface area contributed by atoms with Gasteiger partial charge in [0.2, 0.25) is 0 Å². The standard InChI is InChI=1S/C18H32N2O/c1-7-8-21-16-10-15(12-20-13-16)17(19-6)9-14(2)11-18(3,4)5/h10,12-14,17,19H,7-9,11H2,1-6H3. The molecule has 0 amide bonds. The molecule has 2 atom stereocenters. The van der Waals surface area contributed by atoms with Crippen LogP contribution in [0.2, 0.25) is 0 Å². The van der Waals surface area contributed by atoms with E-state index in [-0.39, 0.29) is 0 Å². The molecule has 0 aliphatic heterocycles. The summed E-state index contributed by atoms with van der Waals surface area (Å²) in [5, 5.41) is 3.42. The van der Waals surface area contributed by atoms with Gasteiger partial charge in [-0.2, -0.15) is 0 Å². The molecule has 0 spiro atoms. The summed E-state index contributed by atoms with van der Waals surface area (Å²) in [5.74, 6) is 1.54. The number of aromatic nitrogens is 1. The summed E-state index contributed by atoms with van der Waals surface area (Å²) in [6, 6.07) is 2.45. The van der Waals surface area contributed by atoms with Crippen molar-refractivity contribution in [2.45, 2.75) is 59.9 Å².